The number of aromatic nitrogens is 1. The lowest BCUT2D eigenvalue weighted by atomic mass is 10.1. The van der Waals surface area contributed by atoms with Gasteiger partial charge in [0.05, 0.1) is 5.69 Å². The topological polar surface area (TPSA) is 42.2 Å². The molecule has 0 saturated carbocycles. The summed E-state index contributed by atoms with van der Waals surface area (Å²) < 4.78 is 15.5. The predicted octanol–water partition coefficient (Wildman–Crippen LogP) is 3.32. The normalized spacial score (nSPS) is 10.6. The van der Waals surface area contributed by atoms with Crippen molar-refractivity contribution in [3.8, 4) is 11.3 Å². The number of carboxylic acid groups (broad SMARTS) is 1. The second-order valence-electron chi connectivity index (χ2n) is 4.14. The number of halogens is 1. The highest BCUT2D eigenvalue weighted by Gasteiger charge is 2.16. The fraction of sp³-hybridized carbons (Fsp3) is 0.214. The molecule has 94 valence electrons. The minimum absolute atomic E-state index is 0.174. The third-order valence-corrected chi connectivity index (χ3v) is 2.92. The van der Waals surface area contributed by atoms with E-state index in [1.54, 1.807) is 16.7 Å². The van der Waals surface area contributed by atoms with Gasteiger partial charge in [-0.3, -0.25) is 0 Å². The Balaban J connectivity index is 2.60. The highest BCUT2D eigenvalue weighted by molar-refractivity contribution is 5.87. The maximum Gasteiger partial charge on any atom is 0.352 e. The molecule has 0 fully saturated rings. The van der Waals surface area contributed by atoms with Crippen LogP contribution < -0.4 is 0 Å². The standard InChI is InChI=1S/C14H14FNO2/c1-3-16-12(6-7-13(16)14(17)18)10-5-4-9(2)8-11(10)15/h4-8H,3H2,1-2H3,(H,17,18). The van der Waals surface area contributed by atoms with Crippen LogP contribution in [0.2, 0.25) is 0 Å². The van der Waals surface area contributed by atoms with Gasteiger partial charge in [0, 0.05) is 12.1 Å². The zero-order valence-electron chi connectivity index (χ0n) is 10.3. The molecule has 0 aliphatic carbocycles. The fourth-order valence-corrected chi connectivity index (χ4v) is 2.06. The Hall–Kier alpha value is -2.10. The van der Waals surface area contributed by atoms with Crippen LogP contribution in [0, 0.1) is 12.7 Å². The predicted molar refractivity (Wildman–Crippen MR) is 67.2 cm³/mol. The number of benzene rings is 1. The molecule has 2 rings (SSSR count). The van der Waals surface area contributed by atoms with Crippen molar-refractivity contribution in [1.82, 2.24) is 4.57 Å². The molecule has 1 aromatic heterocycles. The lowest BCUT2D eigenvalue weighted by Gasteiger charge is -2.10. The van der Waals surface area contributed by atoms with E-state index in [0.29, 0.717) is 17.8 Å². The van der Waals surface area contributed by atoms with Crippen molar-refractivity contribution in [2.24, 2.45) is 0 Å². The van der Waals surface area contributed by atoms with Crippen LogP contribution in [0.5, 0.6) is 0 Å². The Kier molecular flexibility index (Phi) is 3.19. The Labute approximate surface area is 104 Å². The van der Waals surface area contributed by atoms with Crippen molar-refractivity contribution >= 4 is 5.97 Å². The smallest absolute Gasteiger partial charge is 0.352 e. The van der Waals surface area contributed by atoms with Gasteiger partial charge in [-0.05, 0) is 43.7 Å². The average molecular weight is 247 g/mol. The third-order valence-electron chi connectivity index (χ3n) is 2.92. The molecule has 0 aliphatic heterocycles. The number of hydrogen-bond acceptors (Lipinski definition) is 1. The number of rotatable bonds is 3. The summed E-state index contributed by atoms with van der Waals surface area (Å²) in [6.45, 7) is 4.13. The molecule has 0 amide bonds. The SMILES string of the molecule is CCn1c(C(=O)O)ccc1-c1ccc(C)cc1F. The van der Waals surface area contributed by atoms with Gasteiger partial charge in [-0.15, -0.1) is 0 Å². The number of nitrogens with zero attached hydrogens (tertiary/aromatic N) is 1. The van der Waals surface area contributed by atoms with Gasteiger partial charge in [0.25, 0.3) is 0 Å². The molecule has 0 aliphatic rings. The fourth-order valence-electron chi connectivity index (χ4n) is 2.06. The largest absolute Gasteiger partial charge is 0.477 e. The summed E-state index contributed by atoms with van der Waals surface area (Å²) in [5.41, 5.74) is 2.03. The lowest BCUT2D eigenvalue weighted by molar-refractivity contribution is 0.0685. The molecule has 1 aromatic carbocycles. The summed E-state index contributed by atoms with van der Waals surface area (Å²) in [6.07, 6.45) is 0. The molecule has 4 heteroatoms. The second kappa shape index (κ2) is 4.64. The number of carboxylic acids is 1. The van der Waals surface area contributed by atoms with Crippen LogP contribution in [0.15, 0.2) is 30.3 Å². The Morgan fingerprint density at radius 2 is 2.06 bits per heavy atom. The van der Waals surface area contributed by atoms with Crippen molar-refractivity contribution < 1.29 is 14.3 Å². The van der Waals surface area contributed by atoms with Gasteiger partial charge in [0.1, 0.15) is 11.5 Å². The molecule has 18 heavy (non-hydrogen) atoms. The molecule has 1 N–H and O–H groups in total. The molecule has 0 spiro atoms. The van der Waals surface area contributed by atoms with Crippen LogP contribution in [0.25, 0.3) is 11.3 Å². The highest BCUT2D eigenvalue weighted by Crippen LogP contribution is 2.26. The Morgan fingerprint density at radius 1 is 1.33 bits per heavy atom. The number of aromatic carboxylic acids is 1. The van der Waals surface area contributed by atoms with E-state index in [2.05, 4.69) is 0 Å². The zero-order chi connectivity index (χ0) is 13.3. The molecular formula is C14H14FNO2. The molecular weight excluding hydrogens is 233 g/mol. The Bertz CT molecular complexity index is 602. The Morgan fingerprint density at radius 3 is 2.61 bits per heavy atom. The minimum Gasteiger partial charge on any atom is -0.477 e. The van der Waals surface area contributed by atoms with Crippen molar-refractivity contribution in [3.63, 3.8) is 0 Å². The van der Waals surface area contributed by atoms with Crippen LogP contribution in [0.4, 0.5) is 4.39 Å². The molecule has 2 aromatic rings. The molecule has 0 bridgehead atoms. The van der Waals surface area contributed by atoms with Crippen molar-refractivity contribution in [3.05, 3.63) is 47.4 Å². The summed E-state index contributed by atoms with van der Waals surface area (Å²) >= 11 is 0. The van der Waals surface area contributed by atoms with Gasteiger partial charge in [0.2, 0.25) is 0 Å². The van der Waals surface area contributed by atoms with E-state index in [1.165, 1.54) is 12.1 Å². The molecule has 0 unspecified atom stereocenters. The van der Waals surface area contributed by atoms with E-state index in [4.69, 9.17) is 5.11 Å². The lowest BCUT2D eigenvalue weighted by Crippen LogP contribution is -2.08. The summed E-state index contributed by atoms with van der Waals surface area (Å²) in [5, 5.41) is 9.06. The van der Waals surface area contributed by atoms with Gasteiger partial charge in [-0.25, -0.2) is 9.18 Å². The van der Waals surface area contributed by atoms with Crippen LogP contribution >= 0.6 is 0 Å². The van der Waals surface area contributed by atoms with Crippen molar-refractivity contribution in [2.75, 3.05) is 0 Å². The van der Waals surface area contributed by atoms with Gasteiger partial charge >= 0.3 is 5.97 Å². The molecule has 1 heterocycles. The summed E-state index contributed by atoms with van der Waals surface area (Å²) in [7, 11) is 0. The van der Waals surface area contributed by atoms with Gasteiger partial charge in [0.15, 0.2) is 0 Å². The van der Waals surface area contributed by atoms with Crippen LogP contribution in [-0.2, 0) is 6.54 Å². The number of hydrogen-bond donors (Lipinski definition) is 1. The molecule has 0 radical (unpaired) electrons. The molecule has 3 nitrogen and oxygen atoms in total. The first-order chi connectivity index (χ1) is 8.54. The summed E-state index contributed by atoms with van der Waals surface area (Å²) in [4.78, 5) is 11.0. The second-order valence-corrected chi connectivity index (χ2v) is 4.14. The van der Waals surface area contributed by atoms with E-state index in [9.17, 15) is 9.18 Å². The minimum atomic E-state index is -1.00. The van der Waals surface area contributed by atoms with Crippen molar-refractivity contribution in [2.45, 2.75) is 20.4 Å². The highest BCUT2D eigenvalue weighted by atomic mass is 19.1. The van der Waals surface area contributed by atoms with Crippen molar-refractivity contribution in [1.29, 1.82) is 0 Å². The maximum atomic E-state index is 13.9. The van der Waals surface area contributed by atoms with E-state index in [0.717, 1.165) is 5.56 Å². The molecule has 0 atom stereocenters. The van der Waals surface area contributed by atoms with E-state index in [-0.39, 0.29) is 11.5 Å². The number of aryl methyl sites for hydroxylation is 1. The first-order valence-corrected chi connectivity index (χ1v) is 5.74. The van der Waals surface area contributed by atoms with E-state index < -0.39 is 5.97 Å². The zero-order valence-corrected chi connectivity index (χ0v) is 10.3. The van der Waals surface area contributed by atoms with Crippen LogP contribution in [-0.4, -0.2) is 15.6 Å². The van der Waals surface area contributed by atoms with Gasteiger partial charge in [-0.1, -0.05) is 6.07 Å². The average Bonchev–Trinajstić information content (AvgIpc) is 2.72. The van der Waals surface area contributed by atoms with E-state index in [1.807, 2.05) is 19.9 Å². The van der Waals surface area contributed by atoms with Gasteiger partial charge < -0.3 is 9.67 Å². The first-order valence-electron chi connectivity index (χ1n) is 5.74. The van der Waals surface area contributed by atoms with Crippen LogP contribution in [0.1, 0.15) is 23.0 Å². The maximum absolute atomic E-state index is 13.9. The molecule has 0 saturated heterocycles. The van der Waals surface area contributed by atoms with E-state index >= 15 is 0 Å². The first kappa shape index (κ1) is 12.4. The quantitative estimate of drug-likeness (QED) is 0.904. The summed E-state index contributed by atoms with van der Waals surface area (Å²) in [5.74, 6) is -1.34. The number of carbonyl (C=O) groups is 1. The monoisotopic (exact) mass is 247 g/mol. The third kappa shape index (κ3) is 2.01. The summed E-state index contributed by atoms with van der Waals surface area (Å²) in [6, 6.07) is 8.08. The van der Waals surface area contributed by atoms with Crippen LogP contribution in [0.3, 0.4) is 0 Å². The van der Waals surface area contributed by atoms with Gasteiger partial charge in [-0.2, -0.15) is 0 Å².